The summed E-state index contributed by atoms with van der Waals surface area (Å²) in [5, 5.41) is 23.6. The minimum absolute atomic E-state index is 0.00804. The number of fused-ring (bicyclic) bond motifs is 2. The average Bonchev–Trinajstić information content (AvgIpc) is 3.92. The lowest BCUT2D eigenvalue weighted by molar-refractivity contribution is -0.384. The lowest BCUT2D eigenvalue weighted by atomic mass is 9.72. The molecule has 1 unspecified atom stereocenters. The van der Waals surface area contributed by atoms with Crippen LogP contribution in [-0.2, 0) is 14.8 Å². The molecule has 0 bridgehead atoms. The number of ether oxygens (including phenoxy) is 1. The van der Waals surface area contributed by atoms with Gasteiger partial charge in [-0.2, -0.15) is 0 Å². The Labute approximate surface area is 387 Å². The largest absolute Gasteiger partial charge is 0.377 e. The number of morpholine rings is 1. The standard InChI is InChI=1S/C48H51ClN10O6S/c1-48(2)15-13-33(38(26-48)30-5-7-34(49)8-6-30)29-56-18-20-57(21-19-56)35-9-11-37(41(24-35)58-42-23-32-14-16-51-46(32)54-40(42)27-53-58)47(60)55-66(63,64)36-10-12-39(43(25-36)59(61)62)52-28-44-45(31-3-4-31)50-17-22-65-44/h3,5-12,14,16,23-25,27,44-45,50,52-53H,4,13,15,17-22,26,28-29H2,1-2H3,(H,55,60)/t44-,45?/m0/s1. The highest BCUT2D eigenvalue weighted by molar-refractivity contribution is 7.90. The van der Waals surface area contributed by atoms with E-state index in [1.807, 2.05) is 36.4 Å². The number of aromatic amines is 1. The summed E-state index contributed by atoms with van der Waals surface area (Å²) in [7, 11) is -4.60. The molecular weight excluding hydrogens is 880 g/mol. The topological polar surface area (TPSA) is 193 Å². The van der Waals surface area contributed by atoms with E-state index >= 15 is 0 Å². The monoisotopic (exact) mass is 930 g/mol. The van der Waals surface area contributed by atoms with Crippen molar-refractivity contribution in [3.63, 3.8) is 0 Å². The number of H-pyrrole nitrogens is 1. The highest BCUT2D eigenvalue weighted by Crippen LogP contribution is 2.43. The third-order valence-corrected chi connectivity index (χ3v) is 14.8. The Morgan fingerprint density at radius 1 is 1.05 bits per heavy atom. The Morgan fingerprint density at radius 3 is 2.62 bits per heavy atom. The molecule has 1 amide bonds. The molecule has 2 aliphatic heterocycles. The van der Waals surface area contributed by atoms with Crippen molar-refractivity contribution < 1.29 is 22.9 Å². The van der Waals surface area contributed by atoms with Gasteiger partial charge in [0.2, 0.25) is 0 Å². The van der Waals surface area contributed by atoms with E-state index in [2.05, 4.69) is 72.3 Å². The number of pyridine rings is 1. The molecule has 66 heavy (non-hydrogen) atoms. The first-order valence-electron chi connectivity index (χ1n) is 22.3. The summed E-state index contributed by atoms with van der Waals surface area (Å²) in [5.74, 6) is -0.909. The van der Waals surface area contributed by atoms with Gasteiger partial charge >= 0.3 is 0 Å². The van der Waals surface area contributed by atoms with E-state index in [-0.39, 0.29) is 35.4 Å². The number of aromatic nitrogens is 4. The lowest BCUT2D eigenvalue weighted by Gasteiger charge is -2.39. The third kappa shape index (κ3) is 9.05. The number of nitro groups is 1. The highest BCUT2D eigenvalue weighted by Gasteiger charge is 2.34. The number of amides is 1. The van der Waals surface area contributed by atoms with E-state index in [1.54, 1.807) is 23.1 Å². The molecule has 4 aliphatic rings. The number of sulfonamides is 1. The maximum atomic E-state index is 14.3. The smallest absolute Gasteiger partial charge is 0.293 e. The van der Waals surface area contributed by atoms with Crippen LogP contribution >= 0.6 is 11.6 Å². The van der Waals surface area contributed by atoms with Crippen LogP contribution in [0.15, 0.2) is 107 Å². The Balaban J connectivity index is 0.902. The first kappa shape index (κ1) is 43.8. The second-order valence-electron chi connectivity index (χ2n) is 18.3. The molecule has 18 heteroatoms. The number of rotatable bonds is 13. The molecule has 2 aliphatic carbocycles. The van der Waals surface area contributed by atoms with Gasteiger partial charge in [-0.25, -0.2) is 23.1 Å². The summed E-state index contributed by atoms with van der Waals surface area (Å²) in [6.45, 7) is 10.2. The Morgan fingerprint density at radius 2 is 1.85 bits per heavy atom. The van der Waals surface area contributed by atoms with E-state index in [1.165, 1.54) is 34.4 Å². The van der Waals surface area contributed by atoms with Crippen molar-refractivity contribution >= 4 is 72.2 Å². The van der Waals surface area contributed by atoms with Gasteiger partial charge in [0.25, 0.3) is 21.6 Å². The second kappa shape index (κ2) is 17.6. The van der Waals surface area contributed by atoms with Gasteiger partial charge in [-0.15, -0.1) is 0 Å². The number of hydrogen-bond donors (Lipinski definition) is 4. The molecule has 2 atom stereocenters. The van der Waals surface area contributed by atoms with Crippen molar-refractivity contribution in [2.75, 3.05) is 62.6 Å². The highest BCUT2D eigenvalue weighted by atomic mass is 35.5. The van der Waals surface area contributed by atoms with Crippen LogP contribution in [0.4, 0.5) is 17.1 Å². The van der Waals surface area contributed by atoms with Gasteiger partial charge in [0, 0.05) is 80.4 Å². The molecule has 16 nitrogen and oxygen atoms in total. The zero-order valence-electron chi connectivity index (χ0n) is 36.7. The molecule has 2 fully saturated rings. The van der Waals surface area contributed by atoms with Crippen LogP contribution in [0.5, 0.6) is 0 Å². The zero-order chi connectivity index (χ0) is 45.7. The van der Waals surface area contributed by atoms with Crippen molar-refractivity contribution in [3.05, 3.63) is 129 Å². The van der Waals surface area contributed by atoms with Gasteiger partial charge in [-0.3, -0.25) is 29.6 Å². The predicted molar refractivity (Wildman–Crippen MR) is 256 cm³/mol. The van der Waals surface area contributed by atoms with Crippen molar-refractivity contribution in [1.82, 2.24) is 34.7 Å². The van der Waals surface area contributed by atoms with Crippen LogP contribution in [0.25, 0.3) is 33.3 Å². The molecule has 0 radical (unpaired) electrons. The number of nitro benzene ring substituents is 1. The fraction of sp³-hybridized carbons (Fsp3) is 0.354. The van der Waals surface area contributed by atoms with E-state index < -0.39 is 31.4 Å². The van der Waals surface area contributed by atoms with Gasteiger partial charge in [0.05, 0.1) is 45.3 Å². The van der Waals surface area contributed by atoms with Crippen molar-refractivity contribution in [2.24, 2.45) is 5.41 Å². The van der Waals surface area contributed by atoms with Crippen LogP contribution in [0.1, 0.15) is 55.5 Å². The number of allylic oxidation sites excluding steroid dienone is 2. The Hall–Kier alpha value is -6.11. The van der Waals surface area contributed by atoms with Crippen molar-refractivity contribution in [2.45, 2.75) is 56.6 Å². The Kier molecular flexibility index (Phi) is 11.7. The first-order valence-corrected chi connectivity index (χ1v) is 24.2. The number of nitrogens with one attached hydrogen (secondary N) is 4. The Bertz CT molecular complexity index is 3050. The molecule has 6 aromatic rings. The fourth-order valence-corrected chi connectivity index (χ4v) is 10.7. The molecule has 5 heterocycles. The number of halogens is 1. The van der Waals surface area contributed by atoms with Gasteiger partial charge in [-0.05, 0) is 96.8 Å². The van der Waals surface area contributed by atoms with E-state index in [0.717, 1.165) is 80.6 Å². The number of hydrogen-bond acceptors (Lipinski definition) is 12. The van der Waals surface area contributed by atoms with E-state index in [9.17, 15) is 23.3 Å². The minimum Gasteiger partial charge on any atom is -0.377 e. The molecule has 3 aromatic carbocycles. The normalized spacial score (nSPS) is 20.1. The molecule has 0 spiro atoms. The molecule has 0 saturated carbocycles. The quantitative estimate of drug-likeness (QED) is 0.0508. The van der Waals surface area contributed by atoms with Crippen molar-refractivity contribution in [1.29, 1.82) is 0 Å². The molecule has 10 rings (SSSR count). The van der Waals surface area contributed by atoms with Crippen LogP contribution in [-0.4, -0.2) is 108 Å². The first-order chi connectivity index (χ1) is 31.8. The van der Waals surface area contributed by atoms with Crippen LogP contribution in [0.3, 0.4) is 0 Å². The van der Waals surface area contributed by atoms with E-state index in [4.69, 9.17) is 16.3 Å². The third-order valence-electron chi connectivity index (χ3n) is 13.3. The summed E-state index contributed by atoms with van der Waals surface area (Å²) < 4.78 is 37.7. The van der Waals surface area contributed by atoms with Gasteiger partial charge < -0.3 is 20.3 Å². The van der Waals surface area contributed by atoms with Gasteiger partial charge in [0.1, 0.15) is 11.2 Å². The van der Waals surface area contributed by atoms with Gasteiger partial charge in [-0.1, -0.05) is 54.8 Å². The van der Waals surface area contributed by atoms with Crippen LogP contribution < -0.4 is 20.3 Å². The van der Waals surface area contributed by atoms with Crippen molar-refractivity contribution in [3.8, 4) is 5.69 Å². The maximum Gasteiger partial charge on any atom is 0.293 e. The number of nitrogens with zero attached hydrogens (tertiary/aromatic N) is 6. The second-order valence-corrected chi connectivity index (χ2v) is 20.4. The molecular formula is C48H51ClN10O6S. The average molecular weight is 932 g/mol. The fourth-order valence-electron chi connectivity index (χ4n) is 9.55. The zero-order valence-corrected chi connectivity index (χ0v) is 38.3. The predicted octanol–water partition coefficient (Wildman–Crippen LogP) is 7.47. The number of anilines is 2. The summed E-state index contributed by atoms with van der Waals surface area (Å²) in [4.78, 5) is 39.3. The summed E-state index contributed by atoms with van der Waals surface area (Å²) in [5.41, 5.74) is 8.41. The summed E-state index contributed by atoms with van der Waals surface area (Å²) in [6, 6.07) is 20.8. The number of piperazine rings is 1. The minimum atomic E-state index is -4.60. The lowest BCUT2D eigenvalue weighted by Crippen LogP contribution is -2.50. The van der Waals surface area contributed by atoms with Gasteiger partial charge in [0.15, 0.2) is 5.65 Å². The summed E-state index contributed by atoms with van der Waals surface area (Å²) in [6.07, 6.45) is 9.33. The number of carbonyl (C=O) groups is 1. The molecule has 4 N–H and O–H groups in total. The molecule has 2 saturated heterocycles. The van der Waals surface area contributed by atoms with Crippen LogP contribution in [0.2, 0.25) is 5.02 Å². The number of benzene rings is 3. The van der Waals surface area contributed by atoms with Crippen LogP contribution in [0, 0.1) is 15.5 Å². The van der Waals surface area contributed by atoms with E-state index in [0.29, 0.717) is 35.5 Å². The maximum absolute atomic E-state index is 14.3. The number of carbonyl (C=O) groups excluding carboxylic acids is 1. The molecule has 3 aromatic heterocycles. The molecule has 342 valence electrons. The summed E-state index contributed by atoms with van der Waals surface area (Å²) >= 11 is 6.26. The SMILES string of the molecule is CC1(C)CCC(CN2CCN(c3ccc(C(=O)NS(=O)(=O)c4ccc(NC[C@@H]5OCCNC5C5=CC5)c([N+](=O)[O-])c4)c(-n4[nH]cc5nc6nccc6cc54)c3)CC2)=C(c2ccc(Cl)cc2)C1.